The van der Waals surface area contributed by atoms with Crippen molar-refractivity contribution in [1.29, 1.82) is 0 Å². The smallest absolute Gasteiger partial charge is 0.227 e. The zero-order chi connectivity index (χ0) is 29.1. The second-order valence-corrected chi connectivity index (χ2v) is 10.5. The van der Waals surface area contributed by atoms with Crippen LogP contribution in [0.15, 0.2) is 73.1 Å². The van der Waals surface area contributed by atoms with E-state index in [9.17, 15) is 4.79 Å². The van der Waals surface area contributed by atoms with Crippen LogP contribution in [-0.4, -0.2) is 35.9 Å². The van der Waals surface area contributed by atoms with E-state index in [1.54, 1.807) is 6.20 Å². The van der Waals surface area contributed by atoms with Crippen molar-refractivity contribution in [3.05, 3.63) is 84.2 Å². The number of carbonyl (C=O) groups excluding carboxylic acids is 1. The fourth-order valence-electron chi connectivity index (χ4n) is 4.83. The van der Waals surface area contributed by atoms with E-state index in [4.69, 9.17) is 21.1 Å². The largest absolute Gasteiger partial charge is 0.493 e. The Kier molecular flexibility index (Phi) is 11.4. The first-order valence-corrected chi connectivity index (χ1v) is 14.4. The SMILES string of the molecule is C=CC(=C)Cl.CC.Cc1cccc(OCCCC(=O)N2CC3(CCC3)COc3c(-c4cn[nH]c4)cccc32)c1C. The molecule has 2 heterocycles. The number of nitrogens with zero attached hydrogens (tertiary/aromatic N) is 2. The summed E-state index contributed by atoms with van der Waals surface area (Å²) in [4.78, 5) is 15.4. The summed E-state index contributed by atoms with van der Waals surface area (Å²) >= 11 is 5.15. The Balaban J connectivity index is 0.000000570. The van der Waals surface area contributed by atoms with E-state index in [0.29, 0.717) is 37.6 Å². The van der Waals surface area contributed by atoms with E-state index < -0.39 is 0 Å². The molecule has 2 aliphatic rings. The highest BCUT2D eigenvalue weighted by molar-refractivity contribution is 6.30. The number of aromatic nitrogens is 2. The third-order valence-electron chi connectivity index (χ3n) is 7.39. The highest BCUT2D eigenvalue weighted by Crippen LogP contribution is 2.49. The highest BCUT2D eigenvalue weighted by Gasteiger charge is 2.43. The number of hydrogen-bond donors (Lipinski definition) is 1. The van der Waals surface area contributed by atoms with Crippen LogP contribution in [0.25, 0.3) is 11.1 Å². The molecule has 1 spiro atoms. The Morgan fingerprint density at radius 2 is 1.95 bits per heavy atom. The molecule has 0 atom stereocenters. The molecule has 1 amide bonds. The van der Waals surface area contributed by atoms with Gasteiger partial charge in [0.1, 0.15) is 5.75 Å². The quantitative estimate of drug-likeness (QED) is 0.231. The molecule has 1 aliphatic carbocycles. The molecule has 0 bridgehead atoms. The van der Waals surface area contributed by atoms with Gasteiger partial charge < -0.3 is 14.4 Å². The van der Waals surface area contributed by atoms with Gasteiger partial charge in [0.15, 0.2) is 5.75 Å². The van der Waals surface area contributed by atoms with E-state index in [0.717, 1.165) is 46.7 Å². The fourth-order valence-corrected chi connectivity index (χ4v) is 4.83. The number of nitrogens with one attached hydrogen (secondary N) is 1. The lowest BCUT2D eigenvalue weighted by Gasteiger charge is -2.42. The van der Waals surface area contributed by atoms with Crippen molar-refractivity contribution in [3.63, 3.8) is 0 Å². The zero-order valence-electron chi connectivity index (χ0n) is 24.3. The Hall–Kier alpha value is -3.51. The van der Waals surface area contributed by atoms with Crippen LogP contribution in [0.5, 0.6) is 11.5 Å². The predicted octanol–water partition coefficient (Wildman–Crippen LogP) is 8.40. The molecular weight excluding hydrogens is 522 g/mol. The van der Waals surface area contributed by atoms with Gasteiger partial charge in [-0.15, -0.1) is 0 Å². The van der Waals surface area contributed by atoms with Crippen LogP contribution in [-0.2, 0) is 4.79 Å². The number of benzene rings is 2. The van der Waals surface area contributed by atoms with Crippen LogP contribution in [0.3, 0.4) is 0 Å². The lowest BCUT2D eigenvalue weighted by molar-refractivity contribution is -0.119. The van der Waals surface area contributed by atoms with Gasteiger partial charge in [0.25, 0.3) is 0 Å². The van der Waals surface area contributed by atoms with E-state index >= 15 is 0 Å². The van der Waals surface area contributed by atoms with E-state index in [1.807, 2.05) is 55.3 Å². The molecule has 0 unspecified atom stereocenters. The molecular formula is C33H42ClN3O3. The number of aromatic amines is 1. The zero-order valence-corrected chi connectivity index (χ0v) is 25.0. The molecule has 6 nitrogen and oxygen atoms in total. The molecule has 1 N–H and O–H groups in total. The van der Waals surface area contributed by atoms with E-state index in [2.05, 4.69) is 43.3 Å². The summed E-state index contributed by atoms with van der Waals surface area (Å²) in [6.45, 7) is 16.7. The minimum absolute atomic E-state index is 0.0531. The molecule has 0 saturated heterocycles. The van der Waals surface area contributed by atoms with Gasteiger partial charge in [0.05, 0.1) is 25.1 Å². The van der Waals surface area contributed by atoms with Crippen LogP contribution >= 0.6 is 11.6 Å². The number of hydrogen-bond acceptors (Lipinski definition) is 4. The number of allylic oxidation sites excluding steroid dienone is 2. The highest BCUT2D eigenvalue weighted by atomic mass is 35.5. The van der Waals surface area contributed by atoms with Crippen molar-refractivity contribution >= 4 is 23.2 Å². The number of rotatable bonds is 7. The Morgan fingerprint density at radius 3 is 2.58 bits per heavy atom. The summed E-state index contributed by atoms with van der Waals surface area (Å²) in [5.41, 5.74) is 5.21. The Morgan fingerprint density at radius 1 is 1.23 bits per heavy atom. The van der Waals surface area contributed by atoms with Gasteiger partial charge >= 0.3 is 0 Å². The van der Waals surface area contributed by atoms with Crippen molar-refractivity contribution < 1.29 is 14.3 Å². The van der Waals surface area contributed by atoms with Gasteiger partial charge in [-0.3, -0.25) is 9.89 Å². The van der Waals surface area contributed by atoms with Crippen molar-refractivity contribution in [2.45, 2.75) is 59.8 Å². The number of aryl methyl sites for hydroxylation is 1. The monoisotopic (exact) mass is 563 g/mol. The molecule has 1 fully saturated rings. The van der Waals surface area contributed by atoms with Crippen LogP contribution in [0.4, 0.5) is 5.69 Å². The predicted molar refractivity (Wildman–Crippen MR) is 165 cm³/mol. The molecule has 214 valence electrons. The lowest BCUT2D eigenvalue weighted by atomic mass is 9.69. The number of amides is 1. The van der Waals surface area contributed by atoms with E-state index in [1.165, 1.54) is 18.1 Å². The number of fused-ring (bicyclic) bond motifs is 1. The summed E-state index contributed by atoms with van der Waals surface area (Å²) in [5.74, 6) is 1.80. The molecule has 0 radical (unpaired) electrons. The second-order valence-electron chi connectivity index (χ2n) is 10.1. The number of carbonyl (C=O) groups is 1. The van der Waals surface area contributed by atoms with Crippen LogP contribution in [0, 0.1) is 19.3 Å². The summed E-state index contributed by atoms with van der Waals surface area (Å²) in [6, 6.07) is 12.1. The normalized spacial score (nSPS) is 14.6. The fraction of sp³-hybridized carbons (Fsp3) is 0.394. The van der Waals surface area contributed by atoms with Crippen LogP contribution in [0.2, 0.25) is 0 Å². The summed E-state index contributed by atoms with van der Waals surface area (Å²) < 4.78 is 12.4. The minimum atomic E-state index is 0.0531. The first-order chi connectivity index (χ1) is 19.3. The maximum absolute atomic E-state index is 13.5. The summed E-state index contributed by atoms with van der Waals surface area (Å²) in [7, 11) is 0. The standard InChI is InChI=1S/C27H31N3O3.C4H5Cl.C2H6/c1-19-7-3-10-24(20(19)2)32-14-5-11-25(31)30-17-27(12-6-13-27)18-33-26-22(8-4-9-23(26)30)21-15-28-29-16-21;1-3-4(2)5;1-2/h3-4,7-10,15-16H,5-6,11-14,17-18H2,1-2H3,(H,28,29);3H,1-2H2;1-2H3. The third-order valence-corrected chi connectivity index (χ3v) is 7.55. The number of H-pyrrole nitrogens is 1. The van der Waals surface area contributed by atoms with Gasteiger partial charge in [-0.2, -0.15) is 5.10 Å². The molecule has 5 rings (SSSR count). The average molecular weight is 564 g/mol. The summed E-state index contributed by atoms with van der Waals surface area (Å²) in [6.07, 6.45) is 9.65. The van der Waals surface area contributed by atoms with Crippen molar-refractivity contribution in [1.82, 2.24) is 10.2 Å². The maximum Gasteiger partial charge on any atom is 0.227 e. The minimum Gasteiger partial charge on any atom is -0.493 e. The Bertz CT molecular complexity index is 1280. The number of halogens is 1. The van der Waals surface area contributed by atoms with Gasteiger partial charge in [-0.1, -0.05) is 75.4 Å². The van der Waals surface area contributed by atoms with Gasteiger partial charge in [-0.05, 0) is 56.4 Å². The average Bonchev–Trinajstić information content (AvgIpc) is 3.42. The molecule has 40 heavy (non-hydrogen) atoms. The number of anilines is 1. The van der Waals surface area contributed by atoms with Crippen molar-refractivity contribution in [2.75, 3.05) is 24.7 Å². The van der Waals surface area contributed by atoms with Gasteiger partial charge in [0, 0.05) is 40.7 Å². The molecule has 1 aliphatic heterocycles. The maximum atomic E-state index is 13.5. The van der Waals surface area contributed by atoms with E-state index in [-0.39, 0.29) is 11.3 Å². The summed E-state index contributed by atoms with van der Waals surface area (Å²) in [5, 5.41) is 7.46. The molecule has 3 aromatic rings. The van der Waals surface area contributed by atoms with Crippen molar-refractivity contribution in [2.24, 2.45) is 5.41 Å². The molecule has 7 heteroatoms. The van der Waals surface area contributed by atoms with Crippen LogP contribution < -0.4 is 14.4 Å². The van der Waals surface area contributed by atoms with Gasteiger partial charge in [0.2, 0.25) is 5.91 Å². The van der Waals surface area contributed by atoms with Crippen LogP contribution in [0.1, 0.15) is 57.1 Å². The molecule has 1 saturated carbocycles. The van der Waals surface area contributed by atoms with Gasteiger partial charge in [-0.25, -0.2) is 0 Å². The lowest BCUT2D eigenvalue weighted by Crippen LogP contribution is -2.46. The van der Waals surface area contributed by atoms with Crippen molar-refractivity contribution in [3.8, 4) is 22.6 Å². The first-order valence-electron chi connectivity index (χ1n) is 14.0. The second kappa shape index (κ2) is 14.8. The molecule has 2 aromatic carbocycles. The topological polar surface area (TPSA) is 67.4 Å². The first kappa shape index (κ1) is 31.0. The number of ether oxygens (including phenoxy) is 2. The Labute approximate surface area is 244 Å². The molecule has 1 aromatic heterocycles. The third kappa shape index (κ3) is 7.57. The number of para-hydroxylation sites is 1.